The summed E-state index contributed by atoms with van der Waals surface area (Å²) in [7, 11) is 0. The Morgan fingerprint density at radius 2 is 1.50 bits per heavy atom. The van der Waals surface area contributed by atoms with Gasteiger partial charge in [-0.15, -0.1) is 4.91 Å². The van der Waals surface area contributed by atoms with E-state index in [2.05, 4.69) is 17.3 Å². The van der Waals surface area contributed by atoms with E-state index < -0.39 is 0 Å². The molecule has 0 aliphatic rings. The molecule has 0 unspecified atom stereocenters. The Morgan fingerprint density at radius 3 is 2.25 bits per heavy atom. The molecule has 0 amide bonds. The van der Waals surface area contributed by atoms with Crippen molar-refractivity contribution in [3.8, 4) is 0 Å². The molecule has 0 saturated carbocycles. The van der Waals surface area contributed by atoms with E-state index in [1.54, 1.807) is 6.07 Å². The maximum Gasteiger partial charge on any atom is 0.108 e. The van der Waals surface area contributed by atoms with E-state index in [0.717, 1.165) is 18.4 Å². The van der Waals surface area contributed by atoms with Gasteiger partial charge in [-0.2, -0.15) is 0 Å². The number of hydrogen-bond acceptors (Lipinski definition) is 2. The zero-order chi connectivity index (χ0) is 11.2. The minimum absolute atomic E-state index is 0.505. The second kappa shape index (κ2) is 5.21. The number of rotatable bonds is 4. The molecular formula is C14H13NO. The van der Waals surface area contributed by atoms with Crippen LogP contribution in [0.5, 0.6) is 0 Å². The molecule has 0 fully saturated rings. The van der Waals surface area contributed by atoms with Crippen molar-refractivity contribution < 1.29 is 0 Å². The molecule has 2 nitrogen and oxygen atoms in total. The van der Waals surface area contributed by atoms with E-state index in [4.69, 9.17) is 0 Å². The molecule has 0 aliphatic carbocycles. The lowest BCUT2D eigenvalue weighted by Gasteiger charge is -2.02. The molecule has 0 atom stereocenters. The molecule has 0 spiro atoms. The normalized spacial score (nSPS) is 10.0. The topological polar surface area (TPSA) is 29.4 Å². The summed E-state index contributed by atoms with van der Waals surface area (Å²) in [5.74, 6) is 0. The van der Waals surface area contributed by atoms with Crippen LogP contribution in [0.1, 0.15) is 11.1 Å². The monoisotopic (exact) mass is 211 g/mol. The van der Waals surface area contributed by atoms with Crippen LogP contribution in [0.15, 0.2) is 59.8 Å². The van der Waals surface area contributed by atoms with Gasteiger partial charge in [-0.25, -0.2) is 0 Å². The molecule has 2 aromatic rings. The lowest BCUT2D eigenvalue weighted by atomic mass is 10.0. The predicted octanol–water partition coefficient (Wildman–Crippen LogP) is 3.87. The van der Waals surface area contributed by atoms with Crippen molar-refractivity contribution in [1.29, 1.82) is 0 Å². The van der Waals surface area contributed by atoms with Crippen LogP contribution in [-0.2, 0) is 12.8 Å². The van der Waals surface area contributed by atoms with Gasteiger partial charge >= 0.3 is 0 Å². The second-order valence-corrected chi connectivity index (χ2v) is 3.75. The van der Waals surface area contributed by atoms with Gasteiger partial charge in [-0.3, -0.25) is 0 Å². The molecule has 0 saturated heterocycles. The summed E-state index contributed by atoms with van der Waals surface area (Å²) < 4.78 is 0. The minimum atomic E-state index is 0.505. The van der Waals surface area contributed by atoms with Crippen LogP contribution in [-0.4, -0.2) is 0 Å². The Hall–Kier alpha value is -1.96. The van der Waals surface area contributed by atoms with E-state index >= 15 is 0 Å². The summed E-state index contributed by atoms with van der Waals surface area (Å²) in [6, 6.07) is 17.8. The first-order valence-corrected chi connectivity index (χ1v) is 5.35. The van der Waals surface area contributed by atoms with Gasteiger partial charge in [0.05, 0.1) is 0 Å². The smallest absolute Gasteiger partial charge is 0.108 e. The van der Waals surface area contributed by atoms with Crippen molar-refractivity contribution in [3.05, 3.63) is 70.6 Å². The summed E-state index contributed by atoms with van der Waals surface area (Å²) in [5.41, 5.74) is 2.97. The van der Waals surface area contributed by atoms with Crippen molar-refractivity contribution in [2.75, 3.05) is 0 Å². The van der Waals surface area contributed by atoms with Crippen molar-refractivity contribution in [1.82, 2.24) is 0 Å². The van der Waals surface area contributed by atoms with Crippen LogP contribution >= 0.6 is 0 Å². The molecule has 0 bridgehead atoms. The number of hydrogen-bond donors (Lipinski definition) is 0. The highest BCUT2D eigenvalue weighted by molar-refractivity contribution is 5.40. The van der Waals surface area contributed by atoms with Crippen LogP contribution in [0.4, 0.5) is 5.69 Å². The van der Waals surface area contributed by atoms with Crippen LogP contribution in [0.2, 0.25) is 0 Å². The predicted molar refractivity (Wildman–Crippen MR) is 65.7 cm³/mol. The fourth-order valence-electron chi connectivity index (χ4n) is 1.70. The van der Waals surface area contributed by atoms with Crippen LogP contribution in [0.25, 0.3) is 0 Å². The fraction of sp³-hybridized carbons (Fsp3) is 0.143. The first-order valence-electron chi connectivity index (χ1n) is 5.35. The maximum absolute atomic E-state index is 10.4. The molecular weight excluding hydrogens is 198 g/mol. The molecule has 2 heteroatoms. The quantitative estimate of drug-likeness (QED) is 0.706. The van der Waals surface area contributed by atoms with Crippen LogP contribution in [0.3, 0.4) is 0 Å². The lowest BCUT2D eigenvalue weighted by Crippen LogP contribution is -1.90. The highest BCUT2D eigenvalue weighted by atomic mass is 16.3. The summed E-state index contributed by atoms with van der Waals surface area (Å²) in [5, 5.41) is 2.94. The van der Waals surface area contributed by atoms with Gasteiger partial charge in [0.25, 0.3) is 0 Å². The minimum Gasteiger partial charge on any atom is -0.145 e. The standard InChI is InChI=1S/C14H13NO/c16-15-14-8-4-7-13(11-14)10-9-12-5-2-1-3-6-12/h1-8,11H,9-10H2. The molecule has 80 valence electrons. The van der Waals surface area contributed by atoms with Gasteiger partial charge in [0.15, 0.2) is 0 Å². The number of aryl methyl sites for hydroxylation is 2. The van der Waals surface area contributed by atoms with Gasteiger partial charge in [0.1, 0.15) is 5.69 Å². The van der Waals surface area contributed by atoms with Crippen LogP contribution in [0, 0.1) is 4.91 Å². The van der Waals surface area contributed by atoms with Gasteiger partial charge in [0.2, 0.25) is 0 Å². The van der Waals surface area contributed by atoms with Gasteiger partial charge < -0.3 is 0 Å². The third-order valence-corrected chi connectivity index (χ3v) is 2.56. The number of nitroso groups, excluding NO2 is 1. The highest BCUT2D eigenvalue weighted by Crippen LogP contribution is 2.15. The highest BCUT2D eigenvalue weighted by Gasteiger charge is 1.97. The van der Waals surface area contributed by atoms with E-state index in [1.807, 2.05) is 36.4 Å². The Morgan fingerprint density at radius 1 is 0.812 bits per heavy atom. The zero-order valence-corrected chi connectivity index (χ0v) is 8.97. The van der Waals surface area contributed by atoms with Crippen molar-refractivity contribution in [2.45, 2.75) is 12.8 Å². The number of benzene rings is 2. The molecule has 0 aromatic heterocycles. The first kappa shape index (κ1) is 10.6. The Labute approximate surface area is 94.9 Å². The third kappa shape index (κ3) is 2.76. The fourth-order valence-corrected chi connectivity index (χ4v) is 1.70. The third-order valence-electron chi connectivity index (χ3n) is 2.56. The van der Waals surface area contributed by atoms with E-state index in [1.165, 1.54) is 5.56 Å². The average Bonchev–Trinajstić information content (AvgIpc) is 2.38. The number of nitrogens with zero attached hydrogens (tertiary/aromatic N) is 1. The lowest BCUT2D eigenvalue weighted by molar-refractivity contribution is 0.960. The SMILES string of the molecule is O=Nc1cccc(CCc2ccccc2)c1. The summed E-state index contributed by atoms with van der Waals surface area (Å²) in [4.78, 5) is 10.4. The molecule has 16 heavy (non-hydrogen) atoms. The molecule has 2 aromatic carbocycles. The zero-order valence-electron chi connectivity index (χ0n) is 8.97. The van der Waals surface area contributed by atoms with Gasteiger partial charge in [0, 0.05) is 0 Å². The molecule has 0 N–H and O–H groups in total. The first-order chi connectivity index (χ1) is 7.88. The second-order valence-electron chi connectivity index (χ2n) is 3.75. The van der Waals surface area contributed by atoms with Crippen molar-refractivity contribution in [3.63, 3.8) is 0 Å². The molecule has 0 aliphatic heterocycles. The molecule has 0 heterocycles. The average molecular weight is 211 g/mol. The Bertz CT molecular complexity index is 465. The summed E-state index contributed by atoms with van der Waals surface area (Å²) >= 11 is 0. The van der Waals surface area contributed by atoms with Gasteiger partial charge in [-0.1, -0.05) is 42.5 Å². The maximum atomic E-state index is 10.4. The van der Waals surface area contributed by atoms with E-state index in [0.29, 0.717) is 5.69 Å². The van der Waals surface area contributed by atoms with E-state index in [-0.39, 0.29) is 0 Å². The Kier molecular flexibility index (Phi) is 3.44. The molecule has 2 rings (SSSR count). The van der Waals surface area contributed by atoms with Crippen LogP contribution < -0.4 is 0 Å². The Balaban J connectivity index is 2.02. The summed E-state index contributed by atoms with van der Waals surface area (Å²) in [6.07, 6.45) is 1.93. The van der Waals surface area contributed by atoms with Gasteiger partial charge in [-0.05, 0) is 41.3 Å². The van der Waals surface area contributed by atoms with E-state index in [9.17, 15) is 4.91 Å². The molecule has 0 radical (unpaired) electrons. The largest absolute Gasteiger partial charge is 0.145 e. The van der Waals surface area contributed by atoms with Crippen molar-refractivity contribution >= 4 is 5.69 Å². The van der Waals surface area contributed by atoms with Crippen molar-refractivity contribution in [2.24, 2.45) is 5.18 Å². The summed E-state index contributed by atoms with van der Waals surface area (Å²) in [6.45, 7) is 0.